The Hall–Kier alpha value is -1.35. The van der Waals surface area contributed by atoms with E-state index >= 15 is 0 Å². The zero-order valence-electron chi connectivity index (χ0n) is 15.5. The van der Waals surface area contributed by atoms with E-state index in [1.54, 1.807) is 18.4 Å². The van der Waals surface area contributed by atoms with E-state index < -0.39 is 5.54 Å². The van der Waals surface area contributed by atoms with Crippen molar-refractivity contribution in [2.24, 2.45) is 10.8 Å². The summed E-state index contributed by atoms with van der Waals surface area (Å²) in [6, 6.07) is 0. The molecule has 3 nitrogen and oxygen atoms in total. The van der Waals surface area contributed by atoms with E-state index in [0.29, 0.717) is 0 Å². The molecule has 0 fully saturated rings. The summed E-state index contributed by atoms with van der Waals surface area (Å²) in [5.74, 6) is 0.0206. The normalized spacial score (nSPS) is 17.2. The first kappa shape index (κ1) is 18.7. The Morgan fingerprint density at radius 3 is 1.50 bits per heavy atom. The number of rotatable bonds is 1. The van der Waals surface area contributed by atoms with Crippen LogP contribution in [-0.4, -0.2) is 21.6 Å². The van der Waals surface area contributed by atoms with Crippen LogP contribution in [0, 0.1) is 10.8 Å². The molecule has 0 unspecified atom stereocenters. The van der Waals surface area contributed by atoms with Crippen LogP contribution >= 0.6 is 0 Å². The van der Waals surface area contributed by atoms with Crippen molar-refractivity contribution in [3.05, 3.63) is 35.1 Å². The van der Waals surface area contributed by atoms with Gasteiger partial charge in [-0.1, -0.05) is 41.5 Å². The zero-order chi connectivity index (χ0) is 17.5. The summed E-state index contributed by atoms with van der Waals surface area (Å²) in [4.78, 5) is 12.1. The van der Waals surface area contributed by atoms with E-state index in [1.165, 1.54) is 5.06 Å². The lowest BCUT2D eigenvalue weighted by Crippen LogP contribution is -2.35. The van der Waals surface area contributed by atoms with Gasteiger partial charge in [0.25, 0.3) is 0 Å². The zero-order valence-corrected chi connectivity index (χ0v) is 15.5. The van der Waals surface area contributed by atoms with Crippen LogP contribution in [0.5, 0.6) is 0 Å². The molecule has 0 atom stereocenters. The highest BCUT2D eigenvalue weighted by Crippen LogP contribution is 2.43. The van der Waals surface area contributed by atoms with Crippen molar-refractivity contribution >= 4 is 5.78 Å². The molecule has 0 aromatic rings. The quantitative estimate of drug-likeness (QED) is 0.701. The summed E-state index contributed by atoms with van der Waals surface area (Å²) in [7, 11) is 0. The second-order valence-corrected chi connectivity index (χ2v) is 9.08. The lowest BCUT2D eigenvalue weighted by atomic mass is 9.70. The molecule has 0 radical (unpaired) electrons. The highest BCUT2D eigenvalue weighted by atomic mass is 16.5. The molecule has 1 aliphatic rings. The van der Waals surface area contributed by atoms with Gasteiger partial charge in [-0.25, -0.2) is 0 Å². The molecule has 0 aliphatic heterocycles. The molecule has 0 aromatic heterocycles. The van der Waals surface area contributed by atoms with Crippen LogP contribution in [0.1, 0.15) is 62.3 Å². The summed E-state index contributed by atoms with van der Waals surface area (Å²) < 4.78 is 0. The lowest BCUT2D eigenvalue weighted by Gasteiger charge is -2.37. The first-order valence-corrected chi connectivity index (χ1v) is 7.83. The van der Waals surface area contributed by atoms with Crippen molar-refractivity contribution < 1.29 is 10.0 Å². The summed E-state index contributed by atoms with van der Waals surface area (Å²) in [6.07, 6.45) is 5.15. The fourth-order valence-corrected chi connectivity index (χ4v) is 2.32. The second kappa shape index (κ2) is 5.69. The van der Waals surface area contributed by atoms with Gasteiger partial charge in [0.05, 0.1) is 5.54 Å². The minimum absolute atomic E-state index is 0.0206. The molecule has 1 N–H and O–H groups in total. The molecule has 1 rings (SSSR count). The fourth-order valence-electron chi connectivity index (χ4n) is 2.32. The monoisotopic (exact) mass is 305 g/mol. The molecule has 0 amide bonds. The highest BCUT2D eigenvalue weighted by Gasteiger charge is 2.33. The van der Waals surface area contributed by atoms with Crippen LogP contribution in [0.4, 0.5) is 0 Å². The van der Waals surface area contributed by atoms with Gasteiger partial charge in [0, 0.05) is 11.8 Å². The molecule has 22 heavy (non-hydrogen) atoms. The van der Waals surface area contributed by atoms with E-state index in [4.69, 9.17) is 0 Å². The van der Waals surface area contributed by atoms with Gasteiger partial charge in [0.15, 0.2) is 5.78 Å². The lowest BCUT2D eigenvalue weighted by molar-refractivity contribution is -0.111. The van der Waals surface area contributed by atoms with Crippen molar-refractivity contribution in [2.75, 3.05) is 0 Å². The third-order valence-electron chi connectivity index (χ3n) is 3.71. The van der Waals surface area contributed by atoms with Gasteiger partial charge in [-0.15, -0.1) is 0 Å². The number of nitrogens with zero attached hydrogens (tertiary/aromatic N) is 1. The summed E-state index contributed by atoms with van der Waals surface area (Å²) in [5, 5.41) is 11.6. The topological polar surface area (TPSA) is 40.5 Å². The van der Waals surface area contributed by atoms with Crippen LogP contribution in [0.3, 0.4) is 0 Å². The van der Waals surface area contributed by atoms with Crippen molar-refractivity contribution in [2.45, 2.75) is 67.9 Å². The molecular formula is C19H31NO2. The van der Waals surface area contributed by atoms with E-state index in [0.717, 1.165) is 16.7 Å². The standard InChI is InChI=1S/C19H31NO2/c1-17(2,3)15-10-13(21)11-16(18(4,5)6)14(15)12-20(22)19(7,8)9/h10-12,22H,1-9H3. The van der Waals surface area contributed by atoms with Gasteiger partial charge >= 0.3 is 0 Å². The maximum Gasteiger partial charge on any atom is 0.179 e. The van der Waals surface area contributed by atoms with Crippen molar-refractivity contribution in [1.82, 2.24) is 5.06 Å². The van der Waals surface area contributed by atoms with Gasteiger partial charge in [0.1, 0.15) is 0 Å². The van der Waals surface area contributed by atoms with Crippen LogP contribution < -0.4 is 0 Å². The number of hydroxylamine groups is 2. The maximum atomic E-state index is 12.1. The average molecular weight is 305 g/mol. The van der Waals surface area contributed by atoms with Crippen LogP contribution in [0.25, 0.3) is 0 Å². The van der Waals surface area contributed by atoms with Gasteiger partial charge in [-0.05, 0) is 54.9 Å². The van der Waals surface area contributed by atoms with Gasteiger partial charge in [-0.3, -0.25) is 15.1 Å². The molecule has 0 saturated heterocycles. The Labute approximate surface area is 135 Å². The Kier molecular flexibility index (Phi) is 4.84. The molecule has 0 heterocycles. The second-order valence-electron chi connectivity index (χ2n) is 9.08. The number of hydrogen-bond acceptors (Lipinski definition) is 3. The molecule has 3 heteroatoms. The number of allylic oxidation sites excluding steroid dienone is 5. The average Bonchev–Trinajstić information content (AvgIpc) is 2.26. The first-order chi connectivity index (χ1) is 9.64. The number of ketones is 1. The Morgan fingerprint density at radius 1 is 0.864 bits per heavy atom. The van der Waals surface area contributed by atoms with Gasteiger partial charge in [-0.2, -0.15) is 0 Å². The molecule has 1 aliphatic carbocycles. The smallest absolute Gasteiger partial charge is 0.179 e. The van der Waals surface area contributed by atoms with Gasteiger partial charge in [0.2, 0.25) is 0 Å². The Bertz CT molecular complexity index is 507. The third-order valence-corrected chi connectivity index (χ3v) is 3.71. The Morgan fingerprint density at radius 2 is 1.23 bits per heavy atom. The van der Waals surface area contributed by atoms with E-state index in [9.17, 15) is 10.0 Å². The van der Waals surface area contributed by atoms with Crippen LogP contribution in [0.2, 0.25) is 0 Å². The molecule has 0 spiro atoms. The van der Waals surface area contributed by atoms with Crippen LogP contribution in [-0.2, 0) is 4.79 Å². The third kappa shape index (κ3) is 4.33. The minimum atomic E-state index is -0.402. The number of carbonyl (C=O) groups is 1. The predicted octanol–water partition coefficient (Wildman–Crippen LogP) is 4.89. The largest absolute Gasteiger partial charge is 0.290 e. The summed E-state index contributed by atoms with van der Waals surface area (Å²) in [5.41, 5.74) is 2.12. The van der Waals surface area contributed by atoms with E-state index in [2.05, 4.69) is 41.5 Å². The first-order valence-electron chi connectivity index (χ1n) is 7.83. The number of carbonyl (C=O) groups excluding carboxylic acids is 1. The number of hydrogen-bond donors (Lipinski definition) is 1. The van der Waals surface area contributed by atoms with Crippen molar-refractivity contribution in [3.8, 4) is 0 Å². The SMILES string of the molecule is CC(C)(C)C1=CC(=O)C=C(C(C)(C)C)C1=CN(O)C(C)(C)C. The predicted molar refractivity (Wildman–Crippen MR) is 91.5 cm³/mol. The molecular weight excluding hydrogens is 274 g/mol. The van der Waals surface area contributed by atoms with Crippen molar-refractivity contribution in [1.29, 1.82) is 0 Å². The Balaban J connectivity index is 3.53. The van der Waals surface area contributed by atoms with E-state index in [1.807, 2.05) is 20.8 Å². The molecule has 0 aromatic carbocycles. The fraction of sp³-hybridized carbons (Fsp3) is 0.632. The minimum Gasteiger partial charge on any atom is -0.290 e. The highest BCUT2D eigenvalue weighted by molar-refractivity contribution is 6.03. The van der Waals surface area contributed by atoms with E-state index in [-0.39, 0.29) is 16.6 Å². The summed E-state index contributed by atoms with van der Waals surface area (Å²) >= 11 is 0. The maximum absolute atomic E-state index is 12.1. The molecule has 0 bridgehead atoms. The van der Waals surface area contributed by atoms with Gasteiger partial charge < -0.3 is 0 Å². The van der Waals surface area contributed by atoms with Crippen molar-refractivity contribution in [3.63, 3.8) is 0 Å². The van der Waals surface area contributed by atoms with Crippen LogP contribution in [0.15, 0.2) is 35.1 Å². The summed E-state index contributed by atoms with van der Waals surface area (Å²) in [6.45, 7) is 18.4. The molecule has 124 valence electrons. The molecule has 0 saturated carbocycles.